The fourth-order valence-electron chi connectivity index (χ4n) is 4.52. The maximum Gasteiger partial charge on any atom is 0.273 e. The number of benzene rings is 1. The zero-order valence-electron chi connectivity index (χ0n) is 19.3. The Morgan fingerprint density at radius 1 is 1.12 bits per heavy atom. The monoisotopic (exact) mass is 444 g/mol. The van der Waals surface area contributed by atoms with Gasteiger partial charge in [-0.15, -0.1) is 5.10 Å². The molecule has 2 atom stereocenters. The number of halogens is 1. The van der Waals surface area contributed by atoms with Crippen molar-refractivity contribution >= 4 is 17.3 Å². The van der Waals surface area contributed by atoms with Crippen LogP contribution in [0.2, 0.25) is 0 Å². The molecule has 2 saturated heterocycles. The van der Waals surface area contributed by atoms with Gasteiger partial charge in [0.15, 0.2) is 11.5 Å². The maximum absolute atomic E-state index is 15.1. The first-order valence-corrected chi connectivity index (χ1v) is 11.2. The highest BCUT2D eigenvalue weighted by Gasteiger charge is 2.28. The second-order valence-electron chi connectivity index (χ2n) is 9.23. The van der Waals surface area contributed by atoms with Gasteiger partial charge in [-0.1, -0.05) is 5.21 Å². The fourth-order valence-corrected chi connectivity index (χ4v) is 4.52. The van der Waals surface area contributed by atoms with E-state index in [2.05, 4.69) is 58.3 Å². The number of nitrogens with zero attached hydrogens (tertiary/aromatic N) is 6. The Morgan fingerprint density at radius 2 is 1.78 bits per heavy atom. The van der Waals surface area contributed by atoms with Gasteiger partial charge in [0.05, 0.1) is 17.6 Å². The van der Waals surface area contributed by atoms with Gasteiger partial charge in [0.1, 0.15) is 5.69 Å². The summed E-state index contributed by atoms with van der Waals surface area (Å²) in [7, 11) is 4.17. The molecule has 2 fully saturated rings. The summed E-state index contributed by atoms with van der Waals surface area (Å²) in [6.45, 7) is 7.73. The second-order valence-corrected chi connectivity index (χ2v) is 9.23. The molecular formula is C22H33FN8O. The van der Waals surface area contributed by atoms with Crippen molar-refractivity contribution in [2.24, 2.45) is 0 Å². The van der Waals surface area contributed by atoms with E-state index in [0.717, 1.165) is 39.0 Å². The summed E-state index contributed by atoms with van der Waals surface area (Å²) in [6, 6.07) is 3.80. The van der Waals surface area contributed by atoms with Crippen molar-refractivity contribution in [1.29, 1.82) is 0 Å². The molecular weight excluding hydrogens is 411 g/mol. The van der Waals surface area contributed by atoms with Gasteiger partial charge in [-0.25, -0.2) is 9.07 Å². The molecule has 10 heteroatoms. The highest BCUT2D eigenvalue weighted by atomic mass is 19.1. The zero-order chi connectivity index (χ0) is 23.0. The minimum atomic E-state index is -0.458. The van der Waals surface area contributed by atoms with Crippen molar-refractivity contribution in [3.05, 3.63) is 29.8 Å². The van der Waals surface area contributed by atoms with E-state index < -0.39 is 5.82 Å². The molecule has 0 saturated carbocycles. The van der Waals surface area contributed by atoms with Gasteiger partial charge in [-0.05, 0) is 59.9 Å². The third kappa shape index (κ3) is 4.56. The number of rotatable bonds is 4. The highest BCUT2D eigenvalue weighted by Crippen LogP contribution is 2.31. The van der Waals surface area contributed by atoms with Gasteiger partial charge in [-0.3, -0.25) is 9.69 Å². The number of hydrogen-bond donors (Lipinski definition) is 2. The zero-order valence-corrected chi connectivity index (χ0v) is 19.3. The molecule has 2 aliphatic heterocycles. The fraction of sp³-hybridized carbons (Fsp3) is 0.591. The third-order valence-electron chi connectivity index (χ3n) is 6.82. The van der Waals surface area contributed by atoms with Crippen molar-refractivity contribution in [1.82, 2.24) is 30.1 Å². The van der Waals surface area contributed by atoms with Crippen LogP contribution in [0, 0.1) is 5.82 Å². The molecule has 2 aromatic rings. The minimum absolute atomic E-state index is 0.115. The first-order chi connectivity index (χ1) is 15.2. The van der Waals surface area contributed by atoms with E-state index in [4.69, 9.17) is 5.73 Å². The third-order valence-corrected chi connectivity index (χ3v) is 6.82. The SMILES string of the molecule is C[C@@H]1CN(c2cc(F)c(-n3cc(C(=O)NC4CCN(C)CC4)nn3)cc2N)C[C@H](C)N1C. The summed E-state index contributed by atoms with van der Waals surface area (Å²) in [5.41, 5.74) is 7.80. The molecule has 0 unspecified atom stereocenters. The van der Waals surface area contributed by atoms with E-state index in [0.29, 0.717) is 23.5 Å². The van der Waals surface area contributed by atoms with E-state index in [1.807, 2.05) is 0 Å². The Balaban J connectivity index is 1.49. The van der Waals surface area contributed by atoms with E-state index in [9.17, 15) is 4.79 Å². The van der Waals surface area contributed by atoms with Gasteiger partial charge >= 0.3 is 0 Å². The number of hydrogen-bond acceptors (Lipinski definition) is 7. The number of nitrogens with two attached hydrogens (primary N) is 1. The summed E-state index contributed by atoms with van der Waals surface area (Å²) in [4.78, 5) is 19.2. The van der Waals surface area contributed by atoms with Crippen LogP contribution in [0.3, 0.4) is 0 Å². The molecule has 1 aromatic heterocycles. The molecule has 4 rings (SSSR count). The van der Waals surface area contributed by atoms with E-state index in [1.54, 1.807) is 6.07 Å². The first-order valence-electron chi connectivity index (χ1n) is 11.2. The molecule has 2 aliphatic rings. The van der Waals surface area contributed by atoms with E-state index in [1.165, 1.54) is 16.9 Å². The van der Waals surface area contributed by atoms with Crippen LogP contribution in [-0.2, 0) is 0 Å². The molecule has 0 bridgehead atoms. The van der Waals surface area contributed by atoms with Crippen molar-refractivity contribution in [3.63, 3.8) is 0 Å². The summed E-state index contributed by atoms with van der Waals surface area (Å²) >= 11 is 0. The molecule has 1 aromatic carbocycles. The number of nitrogens with one attached hydrogen (secondary N) is 1. The van der Waals surface area contributed by atoms with E-state index in [-0.39, 0.29) is 23.3 Å². The van der Waals surface area contributed by atoms with Crippen LogP contribution >= 0.6 is 0 Å². The lowest BCUT2D eigenvalue weighted by Crippen LogP contribution is -2.55. The summed E-state index contributed by atoms with van der Waals surface area (Å²) < 4.78 is 16.3. The topological polar surface area (TPSA) is 95.5 Å². The van der Waals surface area contributed by atoms with Gasteiger partial charge in [0.2, 0.25) is 0 Å². The quantitative estimate of drug-likeness (QED) is 0.687. The number of likely N-dealkylation sites (N-methyl/N-ethyl adjacent to an activating group) is 1. The highest BCUT2D eigenvalue weighted by molar-refractivity contribution is 5.92. The predicted octanol–water partition coefficient (Wildman–Crippen LogP) is 1.34. The Labute approximate surface area is 188 Å². The Bertz CT molecular complexity index is 959. The number of amides is 1. The number of piperazine rings is 1. The maximum atomic E-state index is 15.1. The molecule has 0 spiro atoms. The van der Waals surface area contributed by atoms with Crippen LogP contribution in [-0.4, -0.2) is 89.1 Å². The molecule has 9 nitrogen and oxygen atoms in total. The van der Waals surface area contributed by atoms with Crippen LogP contribution in [0.25, 0.3) is 5.69 Å². The van der Waals surface area contributed by atoms with Crippen LogP contribution < -0.4 is 16.0 Å². The van der Waals surface area contributed by atoms with Crippen molar-refractivity contribution < 1.29 is 9.18 Å². The number of piperidine rings is 1. The molecule has 3 N–H and O–H groups in total. The largest absolute Gasteiger partial charge is 0.397 e. The molecule has 3 heterocycles. The molecule has 32 heavy (non-hydrogen) atoms. The number of carbonyl (C=O) groups is 1. The minimum Gasteiger partial charge on any atom is -0.397 e. The van der Waals surface area contributed by atoms with Crippen molar-refractivity contribution in [3.8, 4) is 5.69 Å². The van der Waals surface area contributed by atoms with Gasteiger partial charge < -0.3 is 20.9 Å². The number of nitrogen functional groups attached to an aromatic ring is 1. The predicted molar refractivity (Wildman–Crippen MR) is 123 cm³/mol. The van der Waals surface area contributed by atoms with Crippen LogP contribution in [0.4, 0.5) is 15.8 Å². The van der Waals surface area contributed by atoms with Crippen molar-refractivity contribution in [2.75, 3.05) is 50.9 Å². The van der Waals surface area contributed by atoms with E-state index >= 15 is 4.39 Å². The summed E-state index contributed by atoms with van der Waals surface area (Å²) in [5.74, 6) is -0.753. The normalized spacial score (nSPS) is 23.5. The Kier molecular flexibility index (Phi) is 6.34. The number of aromatic nitrogens is 3. The molecule has 0 radical (unpaired) electrons. The van der Waals surface area contributed by atoms with Gasteiger partial charge in [-0.2, -0.15) is 0 Å². The average molecular weight is 445 g/mol. The number of likely N-dealkylation sites (tertiary alicyclic amines) is 1. The number of anilines is 2. The molecule has 1 amide bonds. The smallest absolute Gasteiger partial charge is 0.273 e. The lowest BCUT2D eigenvalue weighted by atomic mass is 10.1. The van der Waals surface area contributed by atoms with Crippen LogP contribution in [0.5, 0.6) is 0 Å². The lowest BCUT2D eigenvalue weighted by molar-refractivity contribution is 0.0911. The average Bonchev–Trinajstić information content (AvgIpc) is 3.25. The van der Waals surface area contributed by atoms with Gasteiger partial charge in [0.25, 0.3) is 5.91 Å². The summed E-state index contributed by atoms with van der Waals surface area (Å²) in [5, 5.41) is 10.9. The van der Waals surface area contributed by atoms with Crippen molar-refractivity contribution in [2.45, 2.75) is 44.8 Å². The van der Waals surface area contributed by atoms with Gasteiger partial charge in [0, 0.05) is 37.3 Å². The Morgan fingerprint density at radius 3 is 2.44 bits per heavy atom. The molecule has 0 aliphatic carbocycles. The van der Waals surface area contributed by atoms with Crippen LogP contribution in [0.1, 0.15) is 37.2 Å². The Hall–Kier alpha value is -2.72. The molecule has 174 valence electrons. The first kappa shape index (κ1) is 22.5. The van der Waals surface area contributed by atoms with Crippen LogP contribution in [0.15, 0.2) is 18.3 Å². The second kappa shape index (κ2) is 9.03. The standard InChI is InChI=1S/C22H33FN8O/c1-14-11-30(12-15(2)29(14)4)21-9-17(23)20(10-18(21)24)31-13-19(26-27-31)22(32)25-16-5-7-28(3)8-6-16/h9-10,13-16H,5-8,11-12,24H2,1-4H3,(H,25,32)/t14-,15+. The summed E-state index contributed by atoms with van der Waals surface area (Å²) in [6.07, 6.45) is 3.24. The number of carbonyl (C=O) groups excluding carboxylic acids is 1. The lowest BCUT2D eigenvalue weighted by Gasteiger charge is -2.43.